The molecule has 0 aromatic heterocycles. The Kier molecular flexibility index (Phi) is 8.94. The van der Waals surface area contributed by atoms with Gasteiger partial charge < -0.3 is 19.3 Å². The first-order valence-electron chi connectivity index (χ1n) is 11.0. The van der Waals surface area contributed by atoms with Gasteiger partial charge in [-0.1, -0.05) is 30.3 Å². The lowest BCUT2D eigenvalue weighted by molar-refractivity contribution is -0.136. The Morgan fingerprint density at radius 1 is 0.941 bits per heavy atom. The Hall–Kier alpha value is -3.97. The first kappa shape index (κ1) is 24.7. The predicted octanol–water partition coefficient (Wildman–Crippen LogP) is 5.81. The monoisotopic (exact) mass is 463 g/mol. The summed E-state index contributed by atoms with van der Waals surface area (Å²) in [6, 6.07) is 22.1. The smallest absolute Gasteiger partial charge is 0.307 e. The van der Waals surface area contributed by atoms with Gasteiger partial charge >= 0.3 is 5.97 Å². The molecule has 0 unspecified atom stereocenters. The van der Waals surface area contributed by atoms with Crippen molar-refractivity contribution in [2.75, 3.05) is 6.61 Å². The summed E-state index contributed by atoms with van der Waals surface area (Å²) < 4.78 is 17.6. The van der Waals surface area contributed by atoms with Crippen molar-refractivity contribution in [1.29, 1.82) is 0 Å². The molecule has 0 saturated carbocycles. The number of carboxylic acids is 1. The number of aliphatic carboxylic acids is 1. The van der Waals surface area contributed by atoms with E-state index in [1.54, 1.807) is 18.2 Å². The average molecular weight is 464 g/mol. The van der Waals surface area contributed by atoms with Crippen LogP contribution in [0.4, 0.5) is 0 Å². The van der Waals surface area contributed by atoms with Gasteiger partial charge in [0.05, 0.1) is 19.1 Å². The SMILES string of the molecule is CCONC(=COc1cc(CC(=O)O)cc(OC(C)C)c1)c1cccc(Oc2ccccc2)c1. The van der Waals surface area contributed by atoms with Gasteiger partial charge in [0.1, 0.15) is 35.0 Å². The minimum atomic E-state index is -0.933. The van der Waals surface area contributed by atoms with Gasteiger partial charge in [-0.3, -0.25) is 15.1 Å². The van der Waals surface area contributed by atoms with Crippen LogP contribution in [0.5, 0.6) is 23.0 Å². The van der Waals surface area contributed by atoms with Gasteiger partial charge in [-0.15, -0.1) is 0 Å². The molecule has 0 aliphatic heterocycles. The second-order valence-corrected chi connectivity index (χ2v) is 7.68. The molecule has 0 amide bonds. The molecule has 0 heterocycles. The van der Waals surface area contributed by atoms with Crippen LogP contribution in [0.1, 0.15) is 31.9 Å². The lowest BCUT2D eigenvalue weighted by Crippen LogP contribution is -2.14. The molecule has 3 aromatic rings. The normalized spacial score (nSPS) is 11.2. The molecule has 0 spiro atoms. The number of hydrogen-bond acceptors (Lipinski definition) is 6. The van der Waals surface area contributed by atoms with Crippen molar-refractivity contribution in [3.8, 4) is 23.0 Å². The highest BCUT2D eigenvalue weighted by atomic mass is 16.6. The molecule has 0 aliphatic carbocycles. The lowest BCUT2D eigenvalue weighted by Gasteiger charge is -2.14. The Morgan fingerprint density at radius 3 is 2.38 bits per heavy atom. The molecule has 0 aliphatic rings. The van der Waals surface area contributed by atoms with E-state index < -0.39 is 5.97 Å². The maximum atomic E-state index is 11.2. The number of carboxylic acid groups (broad SMARTS) is 1. The zero-order chi connectivity index (χ0) is 24.3. The van der Waals surface area contributed by atoms with Gasteiger partial charge in [0.2, 0.25) is 0 Å². The number of para-hydroxylation sites is 1. The van der Waals surface area contributed by atoms with Crippen LogP contribution in [0.25, 0.3) is 5.70 Å². The number of nitrogens with one attached hydrogen (secondary N) is 1. The highest BCUT2D eigenvalue weighted by molar-refractivity contribution is 5.70. The Bertz CT molecular complexity index is 1110. The van der Waals surface area contributed by atoms with Gasteiger partial charge in [-0.25, -0.2) is 0 Å². The van der Waals surface area contributed by atoms with E-state index in [2.05, 4.69) is 5.48 Å². The van der Waals surface area contributed by atoms with Gasteiger partial charge in [0, 0.05) is 11.6 Å². The number of hydroxylamine groups is 1. The molecule has 0 radical (unpaired) electrons. The number of ether oxygens (including phenoxy) is 3. The molecule has 2 N–H and O–H groups in total. The largest absolute Gasteiger partial charge is 0.491 e. The molecule has 0 bridgehead atoms. The molecular weight excluding hydrogens is 434 g/mol. The van der Waals surface area contributed by atoms with Crippen LogP contribution in [-0.4, -0.2) is 23.8 Å². The Morgan fingerprint density at radius 2 is 1.68 bits per heavy atom. The third-order valence-electron chi connectivity index (χ3n) is 4.43. The Balaban J connectivity index is 1.87. The number of benzene rings is 3. The molecular formula is C27H29NO6. The topological polar surface area (TPSA) is 86.3 Å². The van der Waals surface area contributed by atoms with Gasteiger partial charge in [-0.2, -0.15) is 0 Å². The fourth-order valence-corrected chi connectivity index (χ4v) is 3.10. The summed E-state index contributed by atoms with van der Waals surface area (Å²) in [4.78, 5) is 16.6. The van der Waals surface area contributed by atoms with E-state index in [1.165, 1.54) is 6.26 Å². The van der Waals surface area contributed by atoms with E-state index in [-0.39, 0.29) is 12.5 Å². The van der Waals surface area contributed by atoms with E-state index in [0.29, 0.717) is 35.1 Å². The number of carbonyl (C=O) groups is 1. The molecule has 7 nitrogen and oxygen atoms in total. The second-order valence-electron chi connectivity index (χ2n) is 7.68. The van der Waals surface area contributed by atoms with E-state index >= 15 is 0 Å². The van der Waals surface area contributed by atoms with Crippen LogP contribution in [0.15, 0.2) is 79.1 Å². The summed E-state index contributed by atoms with van der Waals surface area (Å²) in [5, 5.41) is 9.19. The van der Waals surface area contributed by atoms with Crippen molar-refractivity contribution >= 4 is 11.7 Å². The molecule has 0 saturated heterocycles. The Labute approximate surface area is 199 Å². The van der Waals surface area contributed by atoms with Crippen LogP contribution in [-0.2, 0) is 16.1 Å². The average Bonchev–Trinajstić information content (AvgIpc) is 2.79. The van der Waals surface area contributed by atoms with Crippen molar-refractivity contribution in [3.63, 3.8) is 0 Å². The van der Waals surface area contributed by atoms with Crippen molar-refractivity contribution < 1.29 is 28.9 Å². The minimum absolute atomic E-state index is 0.0639. The highest BCUT2D eigenvalue weighted by Crippen LogP contribution is 2.27. The van der Waals surface area contributed by atoms with Crippen molar-refractivity contribution in [1.82, 2.24) is 5.48 Å². The standard InChI is InChI=1S/C27H29NO6/c1-4-32-28-26(21-9-8-12-23(16-21)34-22-10-6-5-7-11-22)18-31-24-13-20(15-27(29)30)14-25(17-24)33-19(2)3/h5-14,16-19,28H,4,15H2,1-3H3,(H,29,30). The van der Waals surface area contributed by atoms with E-state index in [9.17, 15) is 9.90 Å². The molecule has 7 heteroatoms. The van der Waals surface area contributed by atoms with Crippen LogP contribution in [0.3, 0.4) is 0 Å². The second kappa shape index (κ2) is 12.3. The summed E-state index contributed by atoms with van der Waals surface area (Å²) in [5.74, 6) is 1.44. The van der Waals surface area contributed by atoms with Crippen LogP contribution >= 0.6 is 0 Å². The maximum Gasteiger partial charge on any atom is 0.307 e. The number of hydrogen-bond donors (Lipinski definition) is 2. The molecule has 178 valence electrons. The minimum Gasteiger partial charge on any atom is -0.491 e. The molecule has 0 atom stereocenters. The fourth-order valence-electron chi connectivity index (χ4n) is 3.10. The van der Waals surface area contributed by atoms with Crippen LogP contribution in [0, 0.1) is 0 Å². The summed E-state index contributed by atoms with van der Waals surface area (Å²) in [6.07, 6.45) is 1.31. The van der Waals surface area contributed by atoms with Gasteiger partial charge in [-0.05, 0) is 62.7 Å². The predicted molar refractivity (Wildman–Crippen MR) is 130 cm³/mol. The van der Waals surface area contributed by atoms with Gasteiger partial charge in [0.15, 0.2) is 0 Å². The maximum absolute atomic E-state index is 11.2. The third kappa shape index (κ3) is 7.86. The lowest BCUT2D eigenvalue weighted by atomic mass is 10.1. The van der Waals surface area contributed by atoms with Crippen molar-refractivity contribution in [2.45, 2.75) is 33.3 Å². The summed E-state index contributed by atoms with van der Waals surface area (Å²) in [6.45, 7) is 6.11. The number of rotatable bonds is 12. The van der Waals surface area contributed by atoms with E-state index in [0.717, 1.165) is 11.3 Å². The van der Waals surface area contributed by atoms with Crippen molar-refractivity contribution in [3.05, 3.63) is 90.2 Å². The van der Waals surface area contributed by atoms with Crippen LogP contribution in [0.2, 0.25) is 0 Å². The van der Waals surface area contributed by atoms with Crippen LogP contribution < -0.4 is 19.7 Å². The third-order valence-corrected chi connectivity index (χ3v) is 4.43. The van der Waals surface area contributed by atoms with Gasteiger partial charge in [0.25, 0.3) is 0 Å². The fraction of sp³-hybridized carbons (Fsp3) is 0.222. The quantitative estimate of drug-likeness (QED) is 0.259. The highest BCUT2D eigenvalue weighted by Gasteiger charge is 2.10. The molecule has 3 rings (SSSR count). The summed E-state index contributed by atoms with van der Waals surface area (Å²) in [5.41, 5.74) is 4.82. The zero-order valence-electron chi connectivity index (χ0n) is 19.5. The molecule has 3 aromatic carbocycles. The molecule has 0 fully saturated rings. The first-order chi connectivity index (χ1) is 16.4. The summed E-state index contributed by atoms with van der Waals surface area (Å²) in [7, 11) is 0. The zero-order valence-corrected chi connectivity index (χ0v) is 19.5. The van der Waals surface area contributed by atoms with E-state index in [1.807, 2.05) is 75.4 Å². The van der Waals surface area contributed by atoms with E-state index in [4.69, 9.17) is 19.0 Å². The first-order valence-corrected chi connectivity index (χ1v) is 11.0. The summed E-state index contributed by atoms with van der Waals surface area (Å²) >= 11 is 0. The molecule has 34 heavy (non-hydrogen) atoms. The van der Waals surface area contributed by atoms with Crippen molar-refractivity contribution in [2.24, 2.45) is 0 Å².